The van der Waals surface area contributed by atoms with Crippen LogP contribution in [0.2, 0.25) is 0 Å². The van der Waals surface area contributed by atoms with Crippen molar-refractivity contribution in [1.82, 2.24) is 0 Å². The molecule has 1 aliphatic rings. The minimum absolute atomic E-state index is 0.0491. The Morgan fingerprint density at radius 3 is 2.13 bits per heavy atom. The normalized spacial score (nSPS) is 15.3. The van der Waals surface area contributed by atoms with Crippen molar-refractivity contribution in [2.24, 2.45) is 5.41 Å². The van der Waals surface area contributed by atoms with Gasteiger partial charge >= 0.3 is 0 Å². The van der Waals surface area contributed by atoms with Crippen LogP contribution in [0.25, 0.3) is 0 Å². The molecule has 0 bridgehead atoms. The van der Waals surface area contributed by atoms with Gasteiger partial charge in [0.25, 0.3) is 0 Å². The average molecular weight is 315 g/mol. The number of amides is 2. The maximum absolute atomic E-state index is 11.9. The van der Waals surface area contributed by atoms with E-state index in [0.717, 1.165) is 18.4 Å². The lowest BCUT2D eigenvalue weighted by atomic mass is 9.88. The number of carbonyl (C=O) groups is 3. The van der Waals surface area contributed by atoms with Crippen molar-refractivity contribution in [3.8, 4) is 0 Å². The quantitative estimate of drug-likeness (QED) is 0.753. The molecule has 0 radical (unpaired) electrons. The molecule has 0 aromatic heterocycles. The first-order chi connectivity index (χ1) is 10.8. The highest BCUT2D eigenvalue weighted by atomic mass is 16.2. The second kappa shape index (κ2) is 7.07. The summed E-state index contributed by atoms with van der Waals surface area (Å²) in [5.41, 5.74) is 1.81. The van der Waals surface area contributed by atoms with Crippen LogP contribution in [0.15, 0.2) is 24.3 Å². The fourth-order valence-corrected chi connectivity index (χ4v) is 2.85. The molecule has 23 heavy (non-hydrogen) atoms. The molecule has 1 fully saturated rings. The molecule has 4 heteroatoms. The number of Topliss-reactive ketones (excluding diaryl/α,β-unsaturated/α-hetero) is 1. The summed E-state index contributed by atoms with van der Waals surface area (Å²) in [6, 6.07) is 7.49. The molecule has 0 aliphatic carbocycles. The molecule has 1 aromatic rings. The Hall–Kier alpha value is -1.97. The number of carbonyl (C=O) groups excluding carboxylic acids is 3. The molecule has 1 aromatic carbocycles. The minimum Gasteiger partial charge on any atom is -0.300 e. The van der Waals surface area contributed by atoms with E-state index in [1.54, 1.807) is 0 Å². The molecule has 4 nitrogen and oxygen atoms in total. The van der Waals surface area contributed by atoms with Gasteiger partial charge in [-0.05, 0) is 36.0 Å². The summed E-state index contributed by atoms with van der Waals surface area (Å²) >= 11 is 0. The number of rotatable bonds is 6. The molecular formula is C19H25NO3. The van der Waals surface area contributed by atoms with E-state index in [0.29, 0.717) is 37.2 Å². The smallest absolute Gasteiger partial charge is 0.234 e. The molecule has 1 heterocycles. The summed E-state index contributed by atoms with van der Waals surface area (Å²) < 4.78 is 0. The lowest BCUT2D eigenvalue weighted by molar-refractivity contribution is -0.122. The van der Waals surface area contributed by atoms with E-state index < -0.39 is 0 Å². The predicted octanol–water partition coefficient (Wildman–Crippen LogP) is 3.67. The number of hydrogen-bond acceptors (Lipinski definition) is 3. The molecule has 0 saturated carbocycles. The molecule has 0 N–H and O–H groups in total. The van der Waals surface area contributed by atoms with Gasteiger partial charge in [-0.3, -0.25) is 19.3 Å². The van der Waals surface area contributed by atoms with Gasteiger partial charge in [0.05, 0.1) is 5.69 Å². The van der Waals surface area contributed by atoms with Crippen LogP contribution in [-0.4, -0.2) is 17.6 Å². The van der Waals surface area contributed by atoms with Crippen LogP contribution in [0, 0.1) is 5.41 Å². The highest BCUT2D eigenvalue weighted by molar-refractivity contribution is 6.19. The summed E-state index contributed by atoms with van der Waals surface area (Å²) in [4.78, 5) is 36.5. The Morgan fingerprint density at radius 2 is 1.61 bits per heavy atom. The fourth-order valence-electron chi connectivity index (χ4n) is 2.85. The highest BCUT2D eigenvalue weighted by Crippen LogP contribution is 2.24. The third-order valence-electron chi connectivity index (χ3n) is 3.89. The largest absolute Gasteiger partial charge is 0.300 e. The standard InChI is InChI=1S/C19H25NO3/c1-19(2,3)13-16(21)6-4-5-14-7-9-15(10-8-14)20-17(22)11-12-18(20)23/h7-10H,4-6,11-13H2,1-3H3. The first kappa shape index (κ1) is 17.4. The van der Waals surface area contributed by atoms with Crippen molar-refractivity contribution in [3.63, 3.8) is 0 Å². The van der Waals surface area contributed by atoms with Crippen LogP contribution in [0.3, 0.4) is 0 Å². The van der Waals surface area contributed by atoms with Gasteiger partial charge in [-0.25, -0.2) is 0 Å². The van der Waals surface area contributed by atoms with E-state index in [4.69, 9.17) is 0 Å². The first-order valence-corrected chi connectivity index (χ1v) is 8.23. The topological polar surface area (TPSA) is 54.5 Å². The zero-order valence-electron chi connectivity index (χ0n) is 14.2. The van der Waals surface area contributed by atoms with E-state index in [9.17, 15) is 14.4 Å². The van der Waals surface area contributed by atoms with Crippen molar-refractivity contribution in [2.75, 3.05) is 4.90 Å². The number of anilines is 1. The van der Waals surface area contributed by atoms with Crippen LogP contribution >= 0.6 is 0 Å². The maximum Gasteiger partial charge on any atom is 0.234 e. The van der Waals surface area contributed by atoms with Gasteiger partial charge in [-0.1, -0.05) is 32.9 Å². The van der Waals surface area contributed by atoms with Crippen LogP contribution in [0.1, 0.15) is 58.4 Å². The predicted molar refractivity (Wildman–Crippen MR) is 90.2 cm³/mol. The average Bonchev–Trinajstić information content (AvgIpc) is 2.77. The lowest BCUT2D eigenvalue weighted by Gasteiger charge is -2.16. The maximum atomic E-state index is 11.9. The molecule has 2 amide bonds. The highest BCUT2D eigenvalue weighted by Gasteiger charge is 2.29. The van der Waals surface area contributed by atoms with Gasteiger partial charge in [0, 0.05) is 25.7 Å². The molecule has 2 rings (SSSR count). The van der Waals surface area contributed by atoms with Gasteiger partial charge < -0.3 is 0 Å². The van der Waals surface area contributed by atoms with Crippen molar-refractivity contribution >= 4 is 23.3 Å². The second-order valence-electron chi connectivity index (χ2n) is 7.42. The van der Waals surface area contributed by atoms with Gasteiger partial charge in [-0.15, -0.1) is 0 Å². The molecule has 1 aliphatic heterocycles. The number of imide groups is 1. The summed E-state index contributed by atoms with van der Waals surface area (Å²) in [5.74, 6) is 0.0495. The van der Waals surface area contributed by atoms with Crippen LogP contribution < -0.4 is 4.90 Å². The summed E-state index contributed by atoms with van der Waals surface area (Å²) in [6.45, 7) is 6.22. The Labute approximate surface area is 137 Å². The van der Waals surface area contributed by atoms with Crippen molar-refractivity contribution < 1.29 is 14.4 Å². The second-order valence-corrected chi connectivity index (χ2v) is 7.42. The Bertz CT molecular complexity index is 580. The number of nitrogens with zero attached hydrogens (tertiary/aromatic N) is 1. The minimum atomic E-state index is -0.129. The zero-order chi connectivity index (χ0) is 17.0. The summed E-state index contributed by atoms with van der Waals surface area (Å²) in [6.07, 6.45) is 3.48. The summed E-state index contributed by atoms with van der Waals surface area (Å²) in [7, 11) is 0. The molecule has 124 valence electrons. The Morgan fingerprint density at radius 1 is 1.04 bits per heavy atom. The Kier molecular flexibility index (Phi) is 5.34. The third-order valence-corrected chi connectivity index (χ3v) is 3.89. The molecular weight excluding hydrogens is 290 g/mol. The number of hydrogen-bond donors (Lipinski definition) is 0. The molecule has 0 atom stereocenters. The van der Waals surface area contributed by atoms with Gasteiger partial charge in [0.2, 0.25) is 11.8 Å². The number of benzene rings is 1. The SMILES string of the molecule is CC(C)(C)CC(=O)CCCc1ccc(N2C(=O)CCC2=O)cc1. The van der Waals surface area contributed by atoms with E-state index in [-0.39, 0.29) is 17.2 Å². The first-order valence-electron chi connectivity index (χ1n) is 8.23. The van der Waals surface area contributed by atoms with Crippen LogP contribution in [-0.2, 0) is 20.8 Å². The van der Waals surface area contributed by atoms with Crippen LogP contribution in [0.4, 0.5) is 5.69 Å². The lowest BCUT2D eigenvalue weighted by Crippen LogP contribution is -2.28. The zero-order valence-corrected chi connectivity index (χ0v) is 14.2. The number of ketones is 1. The van der Waals surface area contributed by atoms with Gasteiger partial charge in [0.1, 0.15) is 5.78 Å². The molecule has 0 unspecified atom stereocenters. The van der Waals surface area contributed by atoms with Crippen molar-refractivity contribution in [1.29, 1.82) is 0 Å². The van der Waals surface area contributed by atoms with Crippen LogP contribution in [0.5, 0.6) is 0 Å². The van der Waals surface area contributed by atoms with Crippen molar-refractivity contribution in [2.45, 2.75) is 59.3 Å². The number of aryl methyl sites for hydroxylation is 1. The van der Waals surface area contributed by atoms with E-state index in [2.05, 4.69) is 20.8 Å². The fraction of sp³-hybridized carbons (Fsp3) is 0.526. The van der Waals surface area contributed by atoms with E-state index in [1.807, 2.05) is 24.3 Å². The molecule has 0 spiro atoms. The van der Waals surface area contributed by atoms with E-state index in [1.165, 1.54) is 4.90 Å². The monoisotopic (exact) mass is 315 g/mol. The van der Waals surface area contributed by atoms with Crippen molar-refractivity contribution in [3.05, 3.63) is 29.8 Å². The third kappa shape index (κ3) is 5.02. The summed E-state index contributed by atoms with van der Waals surface area (Å²) in [5, 5.41) is 0. The molecule has 1 saturated heterocycles. The Balaban J connectivity index is 1.85. The van der Waals surface area contributed by atoms with Gasteiger partial charge in [0.15, 0.2) is 0 Å². The van der Waals surface area contributed by atoms with E-state index >= 15 is 0 Å². The van der Waals surface area contributed by atoms with Gasteiger partial charge in [-0.2, -0.15) is 0 Å².